The number of thiocarbonyl (C=S) groups is 1. The van der Waals surface area contributed by atoms with Crippen LogP contribution in [0.4, 0.5) is 11.4 Å². The first kappa shape index (κ1) is 12.4. The Morgan fingerprint density at radius 1 is 1.44 bits per heavy atom. The molecule has 0 bridgehead atoms. The number of carbonyl (C=O) groups is 1. The molecule has 16 heavy (non-hydrogen) atoms. The molecule has 4 N–H and O–H groups in total. The maximum Gasteiger partial charge on any atom is 0.250 e. The lowest BCUT2D eigenvalue weighted by Crippen LogP contribution is -2.19. The minimum absolute atomic E-state index is 0.0208. The molecule has 1 aromatic carbocycles. The van der Waals surface area contributed by atoms with Crippen LogP contribution in [-0.2, 0) is 9.53 Å². The number of hydrogen-bond acceptors (Lipinski definition) is 3. The van der Waals surface area contributed by atoms with Crippen LogP contribution in [0.5, 0.6) is 0 Å². The number of benzene rings is 1. The van der Waals surface area contributed by atoms with E-state index in [2.05, 4.69) is 10.6 Å². The molecule has 0 unspecified atom stereocenters. The maximum atomic E-state index is 11.2. The van der Waals surface area contributed by atoms with Crippen molar-refractivity contribution < 1.29 is 9.53 Å². The molecule has 0 saturated heterocycles. The molecule has 0 radical (unpaired) electrons. The predicted octanol–water partition coefficient (Wildman–Crippen LogP) is 0.927. The molecule has 0 aliphatic heterocycles. The summed E-state index contributed by atoms with van der Waals surface area (Å²) >= 11 is 4.71. The summed E-state index contributed by atoms with van der Waals surface area (Å²) in [5.74, 6) is -0.213. The van der Waals surface area contributed by atoms with Crippen LogP contribution >= 0.6 is 12.2 Å². The van der Waals surface area contributed by atoms with Crippen LogP contribution in [0.15, 0.2) is 24.3 Å². The molecule has 6 heteroatoms. The second-order valence-electron chi connectivity index (χ2n) is 3.05. The Morgan fingerprint density at radius 2 is 2.06 bits per heavy atom. The summed E-state index contributed by atoms with van der Waals surface area (Å²) in [4.78, 5) is 11.2. The highest BCUT2D eigenvalue weighted by Gasteiger charge is 2.01. The van der Waals surface area contributed by atoms with Crippen molar-refractivity contribution in [2.45, 2.75) is 0 Å². The van der Waals surface area contributed by atoms with E-state index in [-0.39, 0.29) is 17.6 Å². The molecule has 5 nitrogen and oxygen atoms in total. The van der Waals surface area contributed by atoms with Crippen molar-refractivity contribution in [1.29, 1.82) is 0 Å². The normalized spacial score (nSPS) is 9.56. The first-order valence-corrected chi connectivity index (χ1v) is 4.98. The third-order valence-electron chi connectivity index (χ3n) is 1.69. The average molecular weight is 239 g/mol. The average Bonchev–Trinajstić information content (AvgIpc) is 2.17. The maximum absolute atomic E-state index is 11.2. The number of amides is 1. The molecule has 86 valence electrons. The van der Waals surface area contributed by atoms with Crippen molar-refractivity contribution in [1.82, 2.24) is 0 Å². The van der Waals surface area contributed by atoms with Gasteiger partial charge in [0.15, 0.2) is 5.11 Å². The Kier molecular flexibility index (Phi) is 4.68. The van der Waals surface area contributed by atoms with Gasteiger partial charge in [0.05, 0.1) is 0 Å². The van der Waals surface area contributed by atoms with Gasteiger partial charge in [-0.1, -0.05) is 6.07 Å². The predicted molar refractivity (Wildman–Crippen MR) is 67.4 cm³/mol. The van der Waals surface area contributed by atoms with E-state index in [1.165, 1.54) is 7.11 Å². The Hall–Kier alpha value is -1.66. The highest BCUT2D eigenvalue weighted by molar-refractivity contribution is 7.80. The lowest BCUT2D eigenvalue weighted by Gasteiger charge is -2.07. The van der Waals surface area contributed by atoms with E-state index >= 15 is 0 Å². The monoisotopic (exact) mass is 239 g/mol. The van der Waals surface area contributed by atoms with E-state index in [1.807, 2.05) is 0 Å². The van der Waals surface area contributed by atoms with Crippen molar-refractivity contribution in [2.75, 3.05) is 24.4 Å². The summed E-state index contributed by atoms with van der Waals surface area (Å²) in [6.07, 6.45) is 0. The number of ether oxygens (including phenoxy) is 1. The zero-order chi connectivity index (χ0) is 12.0. The van der Waals surface area contributed by atoms with E-state index in [0.717, 1.165) is 5.69 Å². The summed E-state index contributed by atoms with van der Waals surface area (Å²) in [6, 6.07) is 7.07. The van der Waals surface area contributed by atoms with Gasteiger partial charge in [-0.15, -0.1) is 0 Å². The van der Waals surface area contributed by atoms with Crippen molar-refractivity contribution >= 4 is 34.6 Å². The van der Waals surface area contributed by atoms with Crippen LogP contribution < -0.4 is 16.4 Å². The minimum atomic E-state index is -0.213. The number of hydrogen-bond donors (Lipinski definition) is 3. The SMILES string of the molecule is COCC(=O)Nc1cccc(NC(N)=S)c1. The molecular weight excluding hydrogens is 226 g/mol. The van der Waals surface area contributed by atoms with Crippen LogP contribution in [0.1, 0.15) is 0 Å². The Bertz CT molecular complexity index is 395. The van der Waals surface area contributed by atoms with Crippen LogP contribution in [-0.4, -0.2) is 24.7 Å². The van der Waals surface area contributed by atoms with Gasteiger partial charge < -0.3 is 21.1 Å². The van der Waals surface area contributed by atoms with Crippen LogP contribution in [0, 0.1) is 0 Å². The van der Waals surface area contributed by atoms with Crippen molar-refractivity contribution in [3.63, 3.8) is 0 Å². The molecule has 0 spiro atoms. The van der Waals surface area contributed by atoms with Crippen molar-refractivity contribution in [2.24, 2.45) is 5.73 Å². The zero-order valence-corrected chi connectivity index (χ0v) is 9.64. The molecule has 0 aliphatic rings. The lowest BCUT2D eigenvalue weighted by molar-refractivity contribution is -0.119. The summed E-state index contributed by atoms with van der Waals surface area (Å²) in [7, 11) is 1.46. The molecule has 0 heterocycles. The van der Waals surface area contributed by atoms with Gasteiger partial charge in [0.2, 0.25) is 5.91 Å². The molecular formula is C10H13N3O2S. The molecule has 0 aliphatic carbocycles. The highest BCUT2D eigenvalue weighted by Crippen LogP contribution is 2.14. The van der Waals surface area contributed by atoms with Gasteiger partial charge in [0, 0.05) is 18.5 Å². The smallest absolute Gasteiger partial charge is 0.250 e. The second kappa shape index (κ2) is 6.04. The minimum Gasteiger partial charge on any atom is -0.376 e. The zero-order valence-electron chi connectivity index (χ0n) is 8.82. The summed E-state index contributed by atoms with van der Waals surface area (Å²) < 4.78 is 4.70. The van der Waals surface area contributed by atoms with Gasteiger partial charge in [-0.05, 0) is 30.4 Å². The molecule has 0 atom stereocenters. The summed E-state index contributed by atoms with van der Waals surface area (Å²) in [6.45, 7) is 0.0208. The Morgan fingerprint density at radius 3 is 2.62 bits per heavy atom. The Balaban J connectivity index is 2.67. The summed E-state index contributed by atoms with van der Waals surface area (Å²) in [5.41, 5.74) is 6.72. The van der Waals surface area contributed by atoms with E-state index in [4.69, 9.17) is 22.7 Å². The van der Waals surface area contributed by atoms with Gasteiger partial charge in [-0.3, -0.25) is 4.79 Å². The van der Waals surface area contributed by atoms with Gasteiger partial charge in [0.25, 0.3) is 0 Å². The lowest BCUT2D eigenvalue weighted by atomic mass is 10.3. The number of nitrogens with two attached hydrogens (primary N) is 1. The van der Waals surface area contributed by atoms with Gasteiger partial charge in [-0.25, -0.2) is 0 Å². The number of nitrogens with one attached hydrogen (secondary N) is 2. The molecule has 1 amide bonds. The van der Waals surface area contributed by atoms with E-state index in [0.29, 0.717) is 5.69 Å². The second-order valence-corrected chi connectivity index (χ2v) is 3.49. The third kappa shape index (κ3) is 4.24. The molecule has 1 rings (SSSR count). The highest BCUT2D eigenvalue weighted by atomic mass is 32.1. The van der Waals surface area contributed by atoms with Crippen LogP contribution in [0.3, 0.4) is 0 Å². The van der Waals surface area contributed by atoms with Crippen LogP contribution in [0.25, 0.3) is 0 Å². The standard InChI is InChI=1S/C10H13N3O2S/c1-15-6-9(14)12-7-3-2-4-8(5-7)13-10(11)16/h2-5H,6H2,1H3,(H,12,14)(H3,11,13,16). The molecule has 0 aromatic heterocycles. The van der Waals surface area contributed by atoms with Crippen molar-refractivity contribution in [3.05, 3.63) is 24.3 Å². The Labute approximate surface area is 99.0 Å². The van der Waals surface area contributed by atoms with Crippen LogP contribution in [0.2, 0.25) is 0 Å². The first-order chi connectivity index (χ1) is 7.61. The number of methoxy groups -OCH3 is 1. The topological polar surface area (TPSA) is 76.4 Å². The number of anilines is 2. The molecule has 0 fully saturated rings. The third-order valence-corrected chi connectivity index (χ3v) is 1.79. The fraction of sp³-hybridized carbons (Fsp3) is 0.200. The fourth-order valence-corrected chi connectivity index (χ4v) is 1.26. The fourth-order valence-electron chi connectivity index (χ4n) is 1.15. The van der Waals surface area contributed by atoms with Gasteiger partial charge in [0.1, 0.15) is 6.61 Å². The molecule has 0 saturated carbocycles. The largest absolute Gasteiger partial charge is 0.376 e. The van der Waals surface area contributed by atoms with E-state index < -0.39 is 0 Å². The van der Waals surface area contributed by atoms with Gasteiger partial charge >= 0.3 is 0 Å². The van der Waals surface area contributed by atoms with E-state index in [9.17, 15) is 4.79 Å². The quantitative estimate of drug-likeness (QED) is 0.681. The van der Waals surface area contributed by atoms with Crippen molar-refractivity contribution in [3.8, 4) is 0 Å². The summed E-state index contributed by atoms with van der Waals surface area (Å²) in [5, 5.41) is 5.63. The molecule has 1 aromatic rings. The van der Waals surface area contributed by atoms with E-state index in [1.54, 1.807) is 24.3 Å². The number of rotatable bonds is 4. The number of carbonyl (C=O) groups excluding carboxylic acids is 1. The van der Waals surface area contributed by atoms with Gasteiger partial charge in [-0.2, -0.15) is 0 Å². The first-order valence-electron chi connectivity index (χ1n) is 4.57.